The van der Waals surface area contributed by atoms with Crippen LogP contribution in [0.5, 0.6) is 0 Å². The second-order valence-electron chi connectivity index (χ2n) is 5.29. The van der Waals surface area contributed by atoms with Crippen LogP contribution in [0.2, 0.25) is 0 Å². The lowest BCUT2D eigenvalue weighted by molar-refractivity contribution is 0.401. The van der Waals surface area contributed by atoms with Crippen LogP contribution in [0.4, 0.5) is 5.69 Å². The van der Waals surface area contributed by atoms with E-state index in [0.29, 0.717) is 0 Å². The van der Waals surface area contributed by atoms with Crippen LogP contribution >= 0.6 is 0 Å². The van der Waals surface area contributed by atoms with Crippen molar-refractivity contribution < 1.29 is 0 Å². The second-order valence-corrected chi connectivity index (χ2v) is 5.29. The number of anilines is 1. The lowest BCUT2D eigenvalue weighted by Crippen LogP contribution is -2.32. The van der Waals surface area contributed by atoms with Crippen molar-refractivity contribution in [1.82, 2.24) is 5.32 Å². The number of nitrogens with zero attached hydrogens (tertiary/aromatic N) is 1. The Morgan fingerprint density at radius 1 is 1.22 bits per heavy atom. The maximum atomic E-state index is 3.48. The molecule has 1 saturated carbocycles. The predicted molar refractivity (Wildman–Crippen MR) is 79.1 cm³/mol. The van der Waals surface area contributed by atoms with E-state index in [4.69, 9.17) is 0 Å². The minimum absolute atomic E-state index is 0.750. The van der Waals surface area contributed by atoms with Crippen molar-refractivity contribution in [2.75, 3.05) is 25.0 Å². The molecule has 2 unspecified atom stereocenters. The van der Waals surface area contributed by atoms with Crippen LogP contribution in [0, 0.1) is 5.92 Å². The highest BCUT2D eigenvalue weighted by Crippen LogP contribution is 2.28. The molecular formula is C16H26N2. The first-order chi connectivity index (χ1) is 8.85. The Hall–Kier alpha value is -1.02. The summed E-state index contributed by atoms with van der Waals surface area (Å²) < 4.78 is 0. The van der Waals surface area contributed by atoms with Crippen molar-refractivity contribution in [1.29, 1.82) is 0 Å². The molecule has 1 aromatic rings. The molecule has 0 aromatic heterocycles. The molecule has 1 aliphatic carbocycles. The molecule has 0 spiro atoms. The summed E-state index contributed by atoms with van der Waals surface area (Å²) in [6.07, 6.45) is 5.47. The summed E-state index contributed by atoms with van der Waals surface area (Å²) in [5, 5.41) is 3.48. The van der Waals surface area contributed by atoms with Crippen LogP contribution in [0.25, 0.3) is 0 Å². The van der Waals surface area contributed by atoms with Gasteiger partial charge in [0.05, 0.1) is 0 Å². The van der Waals surface area contributed by atoms with E-state index in [-0.39, 0.29) is 0 Å². The van der Waals surface area contributed by atoms with E-state index < -0.39 is 0 Å². The van der Waals surface area contributed by atoms with E-state index in [1.54, 1.807) is 0 Å². The Morgan fingerprint density at radius 3 is 2.67 bits per heavy atom. The molecule has 0 bridgehead atoms. The van der Waals surface area contributed by atoms with Crippen LogP contribution in [0.1, 0.15) is 32.6 Å². The quantitative estimate of drug-likeness (QED) is 0.828. The monoisotopic (exact) mass is 246 g/mol. The summed E-state index contributed by atoms with van der Waals surface area (Å²) in [6.45, 7) is 4.53. The summed E-state index contributed by atoms with van der Waals surface area (Å²) in [4.78, 5) is 2.49. The minimum atomic E-state index is 0.750. The number of rotatable bonds is 6. The Balaban J connectivity index is 1.88. The number of hydrogen-bond donors (Lipinski definition) is 1. The number of nitrogens with one attached hydrogen (secondary N) is 1. The molecule has 1 aromatic carbocycles. The molecule has 0 radical (unpaired) electrons. The SMILES string of the molecule is CCN(CCC1CCCC1NC)c1ccccc1. The van der Waals surface area contributed by atoms with Crippen LogP contribution in [-0.4, -0.2) is 26.2 Å². The molecule has 2 rings (SSSR count). The normalized spacial score (nSPS) is 23.2. The van der Waals surface area contributed by atoms with Crippen molar-refractivity contribution >= 4 is 5.69 Å². The molecule has 100 valence electrons. The molecule has 2 heteroatoms. The highest BCUT2D eigenvalue weighted by Gasteiger charge is 2.25. The molecule has 0 heterocycles. The van der Waals surface area contributed by atoms with Gasteiger partial charge in [-0.15, -0.1) is 0 Å². The van der Waals surface area contributed by atoms with Gasteiger partial charge in [-0.05, 0) is 51.3 Å². The summed E-state index contributed by atoms with van der Waals surface area (Å²) in [7, 11) is 2.11. The Labute approximate surface area is 111 Å². The fourth-order valence-electron chi connectivity index (χ4n) is 3.19. The molecule has 0 aliphatic heterocycles. The first-order valence-corrected chi connectivity index (χ1v) is 7.32. The average Bonchev–Trinajstić information content (AvgIpc) is 2.88. The third-order valence-electron chi connectivity index (χ3n) is 4.30. The van der Waals surface area contributed by atoms with Crippen LogP contribution in [0.3, 0.4) is 0 Å². The molecule has 1 aliphatic rings. The fraction of sp³-hybridized carbons (Fsp3) is 0.625. The van der Waals surface area contributed by atoms with Crippen LogP contribution in [-0.2, 0) is 0 Å². The first-order valence-electron chi connectivity index (χ1n) is 7.32. The van der Waals surface area contributed by atoms with Gasteiger partial charge in [-0.25, -0.2) is 0 Å². The van der Waals surface area contributed by atoms with Gasteiger partial charge in [0.1, 0.15) is 0 Å². The van der Waals surface area contributed by atoms with Crippen molar-refractivity contribution in [3.8, 4) is 0 Å². The average molecular weight is 246 g/mol. The Bertz CT molecular complexity index is 336. The molecule has 1 fully saturated rings. The minimum Gasteiger partial charge on any atom is -0.372 e. The standard InChI is InChI=1S/C16H26N2/c1-3-18(15-9-5-4-6-10-15)13-12-14-8-7-11-16(14)17-2/h4-6,9-10,14,16-17H,3,7-8,11-13H2,1-2H3. The Kier molecular flexibility index (Phi) is 5.06. The molecular weight excluding hydrogens is 220 g/mol. The summed E-state index contributed by atoms with van der Waals surface area (Å²) >= 11 is 0. The van der Waals surface area contributed by atoms with E-state index in [0.717, 1.165) is 18.5 Å². The van der Waals surface area contributed by atoms with E-state index in [2.05, 4.69) is 54.5 Å². The van der Waals surface area contributed by atoms with Crippen molar-refractivity contribution in [3.05, 3.63) is 30.3 Å². The number of benzene rings is 1. The van der Waals surface area contributed by atoms with E-state index in [1.165, 1.54) is 37.9 Å². The van der Waals surface area contributed by atoms with Gasteiger partial charge in [0.25, 0.3) is 0 Å². The summed E-state index contributed by atoms with van der Waals surface area (Å²) in [5.74, 6) is 0.868. The van der Waals surface area contributed by atoms with Crippen molar-refractivity contribution in [2.45, 2.75) is 38.6 Å². The molecule has 0 saturated heterocycles. The summed E-state index contributed by atoms with van der Waals surface area (Å²) in [5.41, 5.74) is 1.36. The van der Waals surface area contributed by atoms with Gasteiger partial charge in [-0.3, -0.25) is 0 Å². The lowest BCUT2D eigenvalue weighted by atomic mass is 9.99. The smallest absolute Gasteiger partial charge is 0.0366 e. The fourth-order valence-corrected chi connectivity index (χ4v) is 3.19. The van der Waals surface area contributed by atoms with Gasteiger partial charge >= 0.3 is 0 Å². The van der Waals surface area contributed by atoms with Crippen molar-refractivity contribution in [2.24, 2.45) is 5.92 Å². The first kappa shape index (κ1) is 13.4. The molecule has 2 nitrogen and oxygen atoms in total. The van der Waals surface area contributed by atoms with Crippen molar-refractivity contribution in [3.63, 3.8) is 0 Å². The highest BCUT2D eigenvalue weighted by molar-refractivity contribution is 5.45. The molecule has 0 amide bonds. The topological polar surface area (TPSA) is 15.3 Å². The summed E-state index contributed by atoms with van der Waals surface area (Å²) in [6, 6.07) is 11.5. The van der Waals surface area contributed by atoms with Gasteiger partial charge in [-0.1, -0.05) is 24.6 Å². The van der Waals surface area contributed by atoms with Gasteiger partial charge in [-0.2, -0.15) is 0 Å². The van der Waals surface area contributed by atoms with Gasteiger partial charge in [0.15, 0.2) is 0 Å². The zero-order valence-electron chi connectivity index (χ0n) is 11.7. The second kappa shape index (κ2) is 6.79. The van der Waals surface area contributed by atoms with Gasteiger partial charge in [0.2, 0.25) is 0 Å². The maximum Gasteiger partial charge on any atom is 0.0366 e. The van der Waals surface area contributed by atoms with Gasteiger partial charge in [0, 0.05) is 24.8 Å². The number of para-hydroxylation sites is 1. The zero-order valence-corrected chi connectivity index (χ0v) is 11.7. The molecule has 2 atom stereocenters. The Morgan fingerprint density at radius 2 is 2.00 bits per heavy atom. The molecule has 18 heavy (non-hydrogen) atoms. The highest BCUT2D eigenvalue weighted by atomic mass is 15.1. The number of hydrogen-bond acceptors (Lipinski definition) is 2. The third-order valence-corrected chi connectivity index (χ3v) is 4.30. The van der Waals surface area contributed by atoms with Crippen LogP contribution < -0.4 is 10.2 Å². The lowest BCUT2D eigenvalue weighted by Gasteiger charge is -2.26. The third kappa shape index (κ3) is 3.26. The van der Waals surface area contributed by atoms with E-state index in [1.807, 2.05) is 0 Å². The van der Waals surface area contributed by atoms with E-state index >= 15 is 0 Å². The van der Waals surface area contributed by atoms with Crippen LogP contribution in [0.15, 0.2) is 30.3 Å². The zero-order chi connectivity index (χ0) is 12.8. The largest absolute Gasteiger partial charge is 0.372 e. The predicted octanol–water partition coefficient (Wildman–Crippen LogP) is 3.29. The maximum absolute atomic E-state index is 3.48. The molecule has 1 N–H and O–H groups in total. The van der Waals surface area contributed by atoms with E-state index in [9.17, 15) is 0 Å². The van der Waals surface area contributed by atoms with Gasteiger partial charge < -0.3 is 10.2 Å².